The molecular formula is C25H23F3N4O3S. The number of nitriles is 1. The van der Waals surface area contributed by atoms with E-state index in [0.29, 0.717) is 24.3 Å². The van der Waals surface area contributed by atoms with Gasteiger partial charge in [0.2, 0.25) is 5.91 Å². The maximum atomic E-state index is 13.5. The highest BCUT2D eigenvalue weighted by Gasteiger charge is 2.51. The molecule has 4 rings (SSSR count). The SMILES string of the molecule is CNC(=O)C[C@@H]1CCc2cc(N3C(=S)N(c4ccc(C#N)c(C(F)(F)F)c4)C(=O)C3(C)C)ccc2O1. The smallest absolute Gasteiger partial charge is 0.417 e. The zero-order chi connectivity index (χ0) is 26.4. The van der Waals surface area contributed by atoms with E-state index in [9.17, 15) is 22.8 Å². The number of carbonyl (C=O) groups excluding carboxylic acids is 2. The van der Waals surface area contributed by atoms with Crippen LogP contribution in [0, 0.1) is 11.3 Å². The second kappa shape index (κ2) is 9.09. The highest BCUT2D eigenvalue weighted by Crippen LogP contribution is 2.41. The van der Waals surface area contributed by atoms with Crippen LogP contribution in [0.4, 0.5) is 24.5 Å². The third-order valence-corrected chi connectivity index (χ3v) is 6.74. The largest absolute Gasteiger partial charge is 0.490 e. The summed E-state index contributed by atoms with van der Waals surface area (Å²) in [7, 11) is 1.57. The second-order valence-electron chi connectivity index (χ2n) is 9.10. The van der Waals surface area contributed by atoms with Gasteiger partial charge in [-0.15, -0.1) is 0 Å². The second-order valence-corrected chi connectivity index (χ2v) is 9.47. The van der Waals surface area contributed by atoms with Crippen LogP contribution < -0.4 is 19.9 Å². The van der Waals surface area contributed by atoms with E-state index in [0.717, 1.165) is 22.6 Å². The number of benzene rings is 2. The minimum Gasteiger partial charge on any atom is -0.490 e. The number of thiocarbonyl (C=S) groups is 1. The van der Waals surface area contributed by atoms with Gasteiger partial charge in [0, 0.05) is 12.7 Å². The molecule has 2 heterocycles. The quantitative estimate of drug-likeness (QED) is 0.610. The van der Waals surface area contributed by atoms with Crippen molar-refractivity contribution in [1.29, 1.82) is 5.26 Å². The molecule has 0 spiro atoms. The van der Waals surface area contributed by atoms with Crippen molar-refractivity contribution in [2.45, 2.75) is 50.9 Å². The molecule has 1 saturated heterocycles. The van der Waals surface area contributed by atoms with Crippen LogP contribution in [0.2, 0.25) is 0 Å². The number of anilines is 2. The standard InChI is InChI=1S/C25H23F3N4O3S/c1-24(2)22(34)31(16-6-4-15(13-29)19(11-16)25(26,27)28)23(36)32(24)17-7-9-20-14(10-17)5-8-18(35-20)12-21(33)30-3/h4,6-7,9-11,18H,5,8,12H2,1-3H3,(H,30,33)/t18-/m0/s1. The monoisotopic (exact) mass is 516 g/mol. The normalized spacial score (nSPS) is 19.0. The van der Waals surface area contributed by atoms with Gasteiger partial charge in [0.15, 0.2) is 5.11 Å². The van der Waals surface area contributed by atoms with Gasteiger partial charge in [-0.2, -0.15) is 18.4 Å². The Morgan fingerprint density at radius 1 is 1.25 bits per heavy atom. The number of nitrogens with zero attached hydrogens (tertiary/aromatic N) is 3. The molecule has 0 unspecified atom stereocenters. The Kier molecular flexibility index (Phi) is 6.43. The van der Waals surface area contributed by atoms with Gasteiger partial charge in [-0.25, -0.2) is 0 Å². The molecule has 1 fully saturated rings. The Morgan fingerprint density at radius 3 is 2.58 bits per heavy atom. The lowest BCUT2D eigenvalue weighted by Gasteiger charge is -2.31. The molecule has 0 aliphatic carbocycles. The summed E-state index contributed by atoms with van der Waals surface area (Å²) in [5, 5.41) is 11.7. The van der Waals surface area contributed by atoms with Crippen molar-refractivity contribution in [3.63, 3.8) is 0 Å². The molecule has 7 nitrogen and oxygen atoms in total. The Balaban J connectivity index is 1.67. The fraction of sp³-hybridized carbons (Fsp3) is 0.360. The zero-order valence-electron chi connectivity index (χ0n) is 19.8. The van der Waals surface area contributed by atoms with Crippen molar-refractivity contribution in [1.82, 2.24) is 5.32 Å². The van der Waals surface area contributed by atoms with Crippen LogP contribution in [-0.2, 0) is 22.2 Å². The van der Waals surface area contributed by atoms with E-state index in [1.807, 2.05) is 6.07 Å². The average Bonchev–Trinajstić information content (AvgIpc) is 3.01. The number of carbonyl (C=O) groups is 2. The lowest BCUT2D eigenvalue weighted by Crippen LogP contribution is -2.44. The van der Waals surface area contributed by atoms with Crippen molar-refractivity contribution in [2.75, 3.05) is 16.8 Å². The summed E-state index contributed by atoms with van der Waals surface area (Å²) >= 11 is 5.59. The van der Waals surface area contributed by atoms with Crippen molar-refractivity contribution in [2.24, 2.45) is 0 Å². The van der Waals surface area contributed by atoms with Gasteiger partial charge in [0.1, 0.15) is 17.4 Å². The van der Waals surface area contributed by atoms with E-state index >= 15 is 0 Å². The Hall–Kier alpha value is -3.65. The molecule has 2 amide bonds. The predicted molar refractivity (Wildman–Crippen MR) is 131 cm³/mol. The first-order chi connectivity index (χ1) is 16.9. The van der Waals surface area contributed by atoms with E-state index in [1.54, 1.807) is 37.9 Å². The summed E-state index contributed by atoms with van der Waals surface area (Å²) in [6, 6.07) is 9.95. The van der Waals surface area contributed by atoms with Crippen LogP contribution in [-0.4, -0.2) is 35.6 Å². The third-order valence-electron chi connectivity index (χ3n) is 6.38. The first-order valence-corrected chi connectivity index (χ1v) is 11.6. The molecular weight excluding hydrogens is 493 g/mol. The third kappa shape index (κ3) is 4.37. The van der Waals surface area contributed by atoms with Crippen LogP contribution in [0.1, 0.15) is 43.4 Å². The summed E-state index contributed by atoms with van der Waals surface area (Å²) in [4.78, 5) is 27.8. The number of aryl methyl sites for hydroxylation is 1. The zero-order valence-corrected chi connectivity index (χ0v) is 20.6. The van der Waals surface area contributed by atoms with Crippen molar-refractivity contribution in [3.05, 3.63) is 53.1 Å². The summed E-state index contributed by atoms with van der Waals surface area (Å²) in [5.41, 5.74) is -1.45. The number of hydrogen-bond acceptors (Lipinski definition) is 5. The topological polar surface area (TPSA) is 85.7 Å². The van der Waals surface area contributed by atoms with Crippen LogP contribution in [0.3, 0.4) is 0 Å². The number of rotatable bonds is 4. The maximum absolute atomic E-state index is 13.5. The summed E-state index contributed by atoms with van der Waals surface area (Å²) in [6.45, 7) is 3.29. The minimum atomic E-state index is -4.77. The fourth-order valence-electron chi connectivity index (χ4n) is 4.48. The number of nitrogens with one attached hydrogen (secondary N) is 1. The maximum Gasteiger partial charge on any atom is 0.417 e. The van der Waals surface area contributed by atoms with Gasteiger partial charge in [0.25, 0.3) is 5.91 Å². The first kappa shape index (κ1) is 25.4. The van der Waals surface area contributed by atoms with Crippen molar-refractivity contribution >= 4 is 40.5 Å². The van der Waals surface area contributed by atoms with E-state index in [1.165, 1.54) is 12.1 Å². The Morgan fingerprint density at radius 2 is 1.94 bits per heavy atom. The molecule has 0 bridgehead atoms. The van der Waals surface area contributed by atoms with Crippen LogP contribution in [0.25, 0.3) is 0 Å². The molecule has 0 saturated carbocycles. The molecule has 0 radical (unpaired) electrons. The number of fused-ring (bicyclic) bond motifs is 1. The molecule has 0 aromatic heterocycles. The minimum absolute atomic E-state index is 0.0250. The van der Waals surface area contributed by atoms with Crippen LogP contribution in [0.15, 0.2) is 36.4 Å². The summed E-state index contributed by atoms with van der Waals surface area (Å²) < 4.78 is 46.6. The van der Waals surface area contributed by atoms with Gasteiger partial charge >= 0.3 is 6.18 Å². The molecule has 11 heteroatoms. The molecule has 2 aliphatic rings. The van der Waals surface area contributed by atoms with Crippen LogP contribution in [0.5, 0.6) is 5.75 Å². The lowest BCUT2D eigenvalue weighted by atomic mass is 9.98. The predicted octanol–water partition coefficient (Wildman–Crippen LogP) is 4.32. The number of alkyl halides is 3. The van der Waals surface area contributed by atoms with Gasteiger partial charge in [-0.1, -0.05) is 0 Å². The number of halogens is 3. The van der Waals surface area contributed by atoms with Gasteiger partial charge < -0.3 is 15.0 Å². The van der Waals surface area contributed by atoms with E-state index in [2.05, 4.69) is 5.32 Å². The van der Waals surface area contributed by atoms with Crippen molar-refractivity contribution in [3.8, 4) is 11.8 Å². The molecule has 2 aromatic carbocycles. The first-order valence-electron chi connectivity index (χ1n) is 11.2. The number of amides is 2. The number of ether oxygens (including phenoxy) is 1. The van der Waals surface area contributed by atoms with E-state index in [4.69, 9.17) is 22.2 Å². The summed E-state index contributed by atoms with van der Waals surface area (Å²) in [5.74, 6) is 0.0242. The molecule has 2 aliphatic heterocycles. The highest BCUT2D eigenvalue weighted by molar-refractivity contribution is 7.81. The molecule has 1 atom stereocenters. The van der Waals surface area contributed by atoms with Gasteiger partial charge in [-0.3, -0.25) is 14.5 Å². The van der Waals surface area contributed by atoms with E-state index < -0.39 is 28.7 Å². The molecule has 188 valence electrons. The molecule has 1 N–H and O–H groups in total. The molecule has 2 aromatic rings. The fourth-order valence-corrected chi connectivity index (χ4v) is 5.00. The van der Waals surface area contributed by atoms with E-state index in [-0.39, 0.29) is 29.2 Å². The van der Waals surface area contributed by atoms with Crippen LogP contribution >= 0.6 is 12.2 Å². The molecule has 36 heavy (non-hydrogen) atoms. The average molecular weight is 517 g/mol. The lowest BCUT2D eigenvalue weighted by molar-refractivity contribution is -0.137. The Labute approximate surface area is 211 Å². The van der Waals surface area contributed by atoms with Crippen molar-refractivity contribution < 1.29 is 27.5 Å². The summed E-state index contributed by atoms with van der Waals surface area (Å²) in [6.07, 6.45) is -3.49. The Bertz CT molecular complexity index is 1300. The van der Waals surface area contributed by atoms with Gasteiger partial charge in [-0.05, 0) is 80.9 Å². The van der Waals surface area contributed by atoms with Gasteiger partial charge in [0.05, 0.1) is 29.3 Å². The highest BCUT2D eigenvalue weighted by atomic mass is 32.1. The number of hydrogen-bond donors (Lipinski definition) is 1.